The number of hydrogen-bond donors (Lipinski definition) is 0. The number of amides is 1. The summed E-state index contributed by atoms with van der Waals surface area (Å²) in [6.07, 6.45) is 0. The van der Waals surface area contributed by atoms with Gasteiger partial charge in [-0.15, -0.1) is 0 Å². The lowest BCUT2D eigenvalue weighted by Crippen LogP contribution is -2.31. The highest BCUT2D eigenvalue weighted by atomic mass is 35.5. The average molecular weight is 314 g/mol. The molecule has 0 unspecified atom stereocenters. The average Bonchev–Trinajstić information content (AvgIpc) is 2.43. The highest BCUT2D eigenvalue weighted by molar-refractivity contribution is 7.99. The fraction of sp³-hybridized carbons (Fsp3) is 0.467. The molecular weight excluding hydrogens is 294 g/mol. The van der Waals surface area contributed by atoms with Gasteiger partial charge >= 0.3 is 0 Å². The molecule has 1 amide bonds. The Bertz CT molecular complexity index is 491. The topological polar surface area (TPSA) is 37.4 Å². The van der Waals surface area contributed by atoms with Crippen molar-refractivity contribution in [3.8, 4) is 0 Å². The van der Waals surface area contributed by atoms with Crippen LogP contribution in [0, 0.1) is 0 Å². The molecule has 0 aliphatic heterocycles. The largest absolute Gasteiger partial charge is 0.338 e. The first-order valence-corrected chi connectivity index (χ1v) is 8.17. The fourth-order valence-corrected chi connectivity index (χ4v) is 2.56. The van der Waals surface area contributed by atoms with E-state index in [1.165, 1.54) is 6.92 Å². The van der Waals surface area contributed by atoms with E-state index in [1.807, 2.05) is 19.9 Å². The Morgan fingerprint density at radius 3 is 2.50 bits per heavy atom. The number of carbonyl (C=O) groups excluding carboxylic acids is 2. The number of nitrogens with zero attached hydrogens (tertiary/aromatic N) is 1. The van der Waals surface area contributed by atoms with E-state index in [9.17, 15) is 9.59 Å². The quantitative estimate of drug-likeness (QED) is 0.721. The normalized spacial score (nSPS) is 10.4. The first-order chi connectivity index (χ1) is 9.49. The molecule has 20 heavy (non-hydrogen) atoms. The summed E-state index contributed by atoms with van der Waals surface area (Å²) in [6, 6.07) is 5.24. The summed E-state index contributed by atoms with van der Waals surface area (Å²) < 4.78 is 0. The summed E-state index contributed by atoms with van der Waals surface area (Å²) in [4.78, 5) is 25.1. The second-order valence-corrected chi connectivity index (χ2v) is 6.09. The van der Waals surface area contributed by atoms with Crippen LogP contribution in [0.5, 0.6) is 0 Å². The Hall–Kier alpha value is -1.00. The SMILES string of the molecule is CCSCC(=O)N(CC)Cc1ccc(C(C)=O)cc1Cl. The summed E-state index contributed by atoms with van der Waals surface area (Å²) >= 11 is 7.80. The minimum Gasteiger partial charge on any atom is -0.338 e. The molecular formula is C15H20ClNO2S. The molecule has 0 bridgehead atoms. The van der Waals surface area contributed by atoms with Crippen molar-refractivity contribution < 1.29 is 9.59 Å². The van der Waals surface area contributed by atoms with E-state index < -0.39 is 0 Å². The lowest BCUT2D eigenvalue weighted by Gasteiger charge is -2.21. The van der Waals surface area contributed by atoms with E-state index in [0.29, 0.717) is 29.4 Å². The van der Waals surface area contributed by atoms with Crippen LogP contribution in [0.15, 0.2) is 18.2 Å². The van der Waals surface area contributed by atoms with Crippen LogP contribution in [0.1, 0.15) is 36.7 Å². The summed E-state index contributed by atoms with van der Waals surface area (Å²) in [5, 5.41) is 0.534. The molecule has 0 spiro atoms. The summed E-state index contributed by atoms with van der Waals surface area (Å²) in [5.74, 6) is 1.53. The van der Waals surface area contributed by atoms with Gasteiger partial charge in [0.2, 0.25) is 5.91 Å². The molecule has 0 N–H and O–H groups in total. The van der Waals surface area contributed by atoms with Gasteiger partial charge in [-0.1, -0.05) is 30.7 Å². The molecule has 110 valence electrons. The van der Waals surface area contributed by atoms with Gasteiger partial charge in [0.15, 0.2) is 5.78 Å². The highest BCUT2D eigenvalue weighted by Gasteiger charge is 2.14. The standard InChI is InChI=1S/C15H20ClNO2S/c1-4-17(15(19)10-20-5-2)9-13-7-6-12(11(3)18)8-14(13)16/h6-8H,4-5,9-10H2,1-3H3. The number of thioether (sulfide) groups is 1. The maximum absolute atomic E-state index is 12.0. The van der Waals surface area contributed by atoms with Crippen LogP contribution in [0.2, 0.25) is 5.02 Å². The van der Waals surface area contributed by atoms with E-state index in [2.05, 4.69) is 0 Å². The molecule has 0 atom stereocenters. The molecule has 5 heteroatoms. The second kappa shape index (κ2) is 8.32. The minimum atomic E-state index is -0.0128. The molecule has 1 aromatic carbocycles. The smallest absolute Gasteiger partial charge is 0.232 e. The fourth-order valence-electron chi connectivity index (χ4n) is 1.76. The van der Waals surface area contributed by atoms with Crippen LogP contribution in [-0.4, -0.2) is 34.6 Å². The highest BCUT2D eigenvalue weighted by Crippen LogP contribution is 2.20. The molecule has 0 fully saturated rings. The van der Waals surface area contributed by atoms with Crippen molar-refractivity contribution in [2.45, 2.75) is 27.3 Å². The zero-order valence-corrected chi connectivity index (χ0v) is 13.7. The van der Waals surface area contributed by atoms with E-state index in [0.717, 1.165) is 11.3 Å². The molecule has 1 rings (SSSR count). The summed E-state index contributed by atoms with van der Waals surface area (Å²) in [6.45, 7) is 6.62. The molecule has 0 saturated carbocycles. The van der Waals surface area contributed by atoms with E-state index >= 15 is 0 Å². The zero-order chi connectivity index (χ0) is 15.1. The van der Waals surface area contributed by atoms with Gasteiger partial charge in [0.25, 0.3) is 0 Å². The molecule has 0 radical (unpaired) electrons. The van der Waals surface area contributed by atoms with Crippen molar-refractivity contribution in [2.75, 3.05) is 18.1 Å². The van der Waals surface area contributed by atoms with Gasteiger partial charge in [-0.3, -0.25) is 9.59 Å². The van der Waals surface area contributed by atoms with Gasteiger partial charge in [0.05, 0.1) is 5.75 Å². The van der Waals surface area contributed by atoms with Gasteiger partial charge in [0.1, 0.15) is 0 Å². The van der Waals surface area contributed by atoms with Crippen molar-refractivity contribution >= 4 is 35.1 Å². The monoisotopic (exact) mass is 313 g/mol. The predicted molar refractivity (Wildman–Crippen MR) is 85.5 cm³/mol. The minimum absolute atomic E-state index is 0.0128. The molecule has 0 aliphatic rings. The van der Waals surface area contributed by atoms with Crippen LogP contribution in [-0.2, 0) is 11.3 Å². The van der Waals surface area contributed by atoms with Gasteiger partial charge in [-0.25, -0.2) is 0 Å². The maximum Gasteiger partial charge on any atom is 0.232 e. The van der Waals surface area contributed by atoms with E-state index in [1.54, 1.807) is 28.8 Å². The molecule has 0 saturated heterocycles. The van der Waals surface area contributed by atoms with Crippen LogP contribution in [0.4, 0.5) is 0 Å². The number of ketones is 1. The molecule has 1 aromatic rings. The van der Waals surface area contributed by atoms with Gasteiger partial charge in [-0.05, 0) is 31.2 Å². The number of halogens is 1. The summed E-state index contributed by atoms with van der Waals surface area (Å²) in [7, 11) is 0. The third-order valence-electron chi connectivity index (χ3n) is 2.98. The maximum atomic E-state index is 12.0. The third kappa shape index (κ3) is 4.84. The van der Waals surface area contributed by atoms with Crippen molar-refractivity contribution in [1.29, 1.82) is 0 Å². The number of Topliss-reactive ketones (excluding diaryl/α,β-unsaturated/α-hetero) is 1. The Labute approximate surface area is 129 Å². The van der Waals surface area contributed by atoms with Gasteiger partial charge in [0, 0.05) is 23.7 Å². The number of hydrogen-bond acceptors (Lipinski definition) is 3. The number of rotatable bonds is 7. The lowest BCUT2D eigenvalue weighted by molar-refractivity contribution is -0.128. The lowest BCUT2D eigenvalue weighted by atomic mass is 10.1. The predicted octanol–water partition coefficient (Wildman–Crippen LogP) is 3.64. The Kier molecular flexibility index (Phi) is 7.10. The van der Waals surface area contributed by atoms with Crippen LogP contribution in [0.25, 0.3) is 0 Å². The Balaban J connectivity index is 2.79. The van der Waals surface area contributed by atoms with E-state index in [-0.39, 0.29) is 11.7 Å². The first-order valence-electron chi connectivity index (χ1n) is 6.64. The van der Waals surface area contributed by atoms with Crippen molar-refractivity contribution in [3.05, 3.63) is 34.3 Å². The molecule has 0 aromatic heterocycles. The van der Waals surface area contributed by atoms with Gasteiger partial charge < -0.3 is 4.90 Å². The zero-order valence-electron chi connectivity index (χ0n) is 12.1. The molecule has 3 nitrogen and oxygen atoms in total. The van der Waals surface area contributed by atoms with Gasteiger partial charge in [-0.2, -0.15) is 11.8 Å². The third-order valence-corrected chi connectivity index (χ3v) is 4.20. The van der Waals surface area contributed by atoms with Crippen LogP contribution < -0.4 is 0 Å². The Morgan fingerprint density at radius 1 is 1.30 bits per heavy atom. The number of carbonyl (C=O) groups is 2. The first kappa shape index (κ1) is 17.1. The number of benzene rings is 1. The van der Waals surface area contributed by atoms with Crippen molar-refractivity contribution in [1.82, 2.24) is 4.90 Å². The Morgan fingerprint density at radius 2 is 2.00 bits per heavy atom. The second-order valence-electron chi connectivity index (χ2n) is 4.41. The molecule has 0 aliphatic carbocycles. The molecule has 0 heterocycles. The van der Waals surface area contributed by atoms with Crippen molar-refractivity contribution in [2.24, 2.45) is 0 Å². The van der Waals surface area contributed by atoms with Crippen LogP contribution in [0.3, 0.4) is 0 Å². The van der Waals surface area contributed by atoms with Crippen LogP contribution >= 0.6 is 23.4 Å². The summed E-state index contributed by atoms with van der Waals surface area (Å²) in [5.41, 5.74) is 1.46. The van der Waals surface area contributed by atoms with E-state index in [4.69, 9.17) is 11.6 Å². The van der Waals surface area contributed by atoms with Crippen molar-refractivity contribution in [3.63, 3.8) is 0 Å².